The molecule has 3 aromatic rings. The van der Waals surface area contributed by atoms with Crippen molar-refractivity contribution < 1.29 is 9.53 Å². The lowest BCUT2D eigenvalue weighted by molar-refractivity contribution is -0.112. The molecule has 1 aromatic heterocycles. The fourth-order valence-corrected chi connectivity index (χ4v) is 5.46. The Morgan fingerprint density at radius 2 is 1.94 bits per heavy atom. The van der Waals surface area contributed by atoms with Gasteiger partial charge in [0.1, 0.15) is 35.1 Å². The molecule has 1 N–H and O–H groups in total. The third-order valence-electron chi connectivity index (χ3n) is 5.38. The zero-order valence-corrected chi connectivity index (χ0v) is 20.1. The highest BCUT2D eigenvalue weighted by atomic mass is 79.9. The van der Waals surface area contributed by atoms with Crippen LogP contribution in [0.15, 0.2) is 58.6 Å². The van der Waals surface area contributed by atoms with Crippen LogP contribution < -0.4 is 10.1 Å². The van der Waals surface area contributed by atoms with Gasteiger partial charge in [-0.3, -0.25) is 4.79 Å². The Hall–Kier alpha value is -3.39. The second-order valence-corrected chi connectivity index (χ2v) is 9.57. The lowest BCUT2D eigenvalue weighted by Crippen LogP contribution is -2.13. The first-order valence-corrected chi connectivity index (χ1v) is 12.1. The third kappa shape index (κ3) is 5.34. The van der Waals surface area contributed by atoms with Crippen molar-refractivity contribution in [3.05, 3.63) is 85.7 Å². The Labute approximate surface area is 205 Å². The van der Waals surface area contributed by atoms with Gasteiger partial charge in [-0.05, 0) is 76.5 Å². The third-order valence-corrected chi connectivity index (χ3v) is 7.21. The maximum absolute atomic E-state index is 12.8. The smallest absolute Gasteiger partial charge is 0.266 e. The number of carbonyl (C=O) groups is 1. The number of anilines is 1. The number of nitrogens with zero attached hydrogens (tertiary/aromatic N) is 2. The van der Waals surface area contributed by atoms with Crippen LogP contribution in [0.4, 0.5) is 5.00 Å². The summed E-state index contributed by atoms with van der Waals surface area (Å²) in [6.07, 6.45) is 5.46. The van der Waals surface area contributed by atoms with Crippen molar-refractivity contribution in [3.8, 4) is 17.9 Å². The number of amides is 1. The van der Waals surface area contributed by atoms with E-state index in [1.165, 1.54) is 17.4 Å². The Morgan fingerprint density at radius 3 is 2.67 bits per heavy atom. The highest BCUT2D eigenvalue weighted by Gasteiger charge is 2.22. The van der Waals surface area contributed by atoms with E-state index in [-0.39, 0.29) is 5.57 Å². The van der Waals surface area contributed by atoms with Gasteiger partial charge in [-0.15, -0.1) is 11.3 Å². The van der Waals surface area contributed by atoms with Gasteiger partial charge in [0.15, 0.2) is 0 Å². The second kappa shape index (κ2) is 10.5. The summed E-state index contributed by atoms with van der Waals surface area (Å²) in [5.74, 6) is 0.148. The first-order valence-electron chi connectivity index (χ1n) is 10.5. The number of hydrogen-bond donors (Lipinski definition) is 1. The van der Waals surface area contributed by atoms with Crippen molar-refractivity contribution in [2.45, 2.75) is 32.3 Å². The van der Waals surface area contributed by atoms with E-state index in [2.05, 4.69) is 27.3 Å². The van der Waals surface area contributed by atoms with Gasteiger partial charge in [-0.2, -0.15) is 10.5 Å². The number of rotatable bonds is 6. The topological polar surface area (TPSA) is 85.9 Å². The monoisotopic (exact) mass is 517 g/mol. The fraction of sp³-hybridized carbons (Fsp3) is 0.192. The molecule has 5 nitrogen and oxygen atoms in total. The highest BCUT2D eigenvalue weighted by Crippen LogP contribution is 2.38. The van der Waals surface area contributed by atoms with Gasteiger partial charge in [-0.25, -0.2) is 0 Å². The molecule has 0 radical (unpaired) electrons. The number of ether oxygens (including phenoxy) is 1. The van der Waals surface area contributed by atoms with Gasteiger partial charge < -0.3 is 10.1 Å². The van der Waals surface area contributed by atoms with E-state index >= 15 is 0 Å². The number of nitriles is 2. The van der Waals surface area contributed by atoms with E-state index in [9.17, 15) is 15.3 Å². The van der Waals surface area contributed by atoms with Crippen LogP contribution >= 0.6 is 27.3 Å². The number of nitrogens with one attached hydrogen (secondary N) is 1. The molecule has 0 saturated carbocycles. The standard InChI is InChI=1S/C26H20BrN3O2S/c27-22-13-18(10-11-23(22)32-16-17-6-2-1-3-7-17)12-19(14-28)25(31)30-26-21(15-29)20-8-4-5-9-24(20)33-26/h1-3,6-7,10-13H,4-5,8-9,16H2,(H,30,31)/b19-12+. The molecule has 7 heteroatoms. The lowest BCUT2D eigenvalue weighted by atomic mass is 9.96. The van der Waals surface area contributed by atoms with Crippen LogP contribution in [-0.2, 0) is 24.2 Å². The molecule has 0 aliphatic heterocycles. The molecule has 0 unspecified atom stereocenters. The van der Waals surface area contributed by atoms with E-state index in [0.717, 1.165) is 46.2 Å². The Kier molecular flexibility index (Phi) is 7.24. The molecule has 2 aromatic carbocycles. The first-order chi connectivity index (χ1) is 16.1. The quantitative estimate of drug-likeness (QED) is 0.303. The number of benzene rings is 2. The molecular formula is C26H20BrN3O2S. The maximum atomic E-state index is 12.8. The van der Waals surface area contributed by atoms with E-state index < -0.39 is 5.91 Å². The highest BCUT2D eigenvalue weighted by molar-refractivity contribution is 9.10. The molecular weight excluding hydrogens is 498 g/mol. The number of carbonyl (C=O) groups excluding carboxylic acids is 1. The van der Waals surface area contributed by atoms with Gasteiger partial charge in [0, 0.05) is 4.88 Å². The lowest BCUT2D eigenvalue weighted by Gasteiger charge is -2.09. The summed E-state index contributed by atoms with van der Waals surface area (Å²) in [5.41, 5.74) is 3.29. The summed E-state index contributed by atoms with van der Waals surface area (Å²) >= 11 is 4.94. The van der Waals surface area contributed by atoms with Crippen molar-refractivity contribution in [3.63, 3.8) is 0 Å². The zero-order chi connectivity index (χ0) is 23.2. The number of fused-ring (bicyclic) bond motifs is 1. The predicted molar refractivity (Wildman–Crippen MR) is 133 cm³/mol. The van der Waals surface area contributed by atoms with E-state index in [4.69, 9.17) is 4.74 Å². The summed E-state index contributed by atoms with van der Waals surface area (Å²) < 4.78 is 6.58. The molecule has 0 fully saturated rings. The summed E-state index contributed by atoms with van der Waals surface area (Å²) in [5, 5.41) is 22.5. The second-order valence-electron chi connectivity index (χ2n) is 7.61. The number of halogens is 1. The van der Waals surface area contributed by atoms with Gasteiger partial charge in [-0.1, -0.05) is 36.4 Å². The largest absolute Gasteiger partial charge is 0.488 e. The fourth-order valence-electron chi connectivity index (χ4n) is 3.72. The van der Waals surface area contributed by atoms with Crippen molar-refractivity contribution >= 4 is 44.3 Å². The van der Waals surface area contributed by atoms with Crippen LogP contribution in [0.25, 0.3) is 6.08 Å². The van der Waals surface area contributed by atoms with Gasteiger partial charge >= 0.3 is 0 Å². The maximum Gasteiger partial charge on any atom is 0.266 e. The molecule has 164 valence electrons. The van der Waals surface area contributed by atoms with E-state index in [0.29, 0.717) is 28.5 Å². The number of hydrogen-bond acceptors (Lipinski definition) is 5. The average molecular weight is 518 g/mol. The number of thiophene rings is 1. The van der Waals surface area contributed by atoms with Crippen LogP contribution in [0.3, 0.4) is 0 Å². The van der Waals surface area contributed by atoms with Crippen molar-refractivity contribution in [1.82, 2.24) is 0 Å². The van der Waals surface area contributed by atoms with Crippen molar-refractivity contribution in [2.24, 2.45) is 0 Å². The summed E-state index contributed by atoms with van der Waals surface area (Å²) in [6.45, 7) is 0.437. The first kappa shape index (κ1) is 22.8. The summed E-state index contributed by atoms with van der Waals surface area (Å²) in [7, 11) is 0. The molecule has 33 heavy (non-hydrogen) atoms. The molecule has 0 atom stereocenters. The summed E-state index contributed by atoms with van der Waals surface area (Å²) in [4.78, 5) is 14.0. The minimum absolute atomic E-state index is 0.0323. The Morgan fingerprint density at radius 1 is 1.15 bits per heavy atom. The van der Waals surface area contributed by atoms with Crippen molar-refractivity contribution in [2.75, 3.05) is 5.32 Å². The van der Waals surface area contributed by atoms with Crippen LogP contribution in [0.5, 0.6) is 5.75 Å². The molecule has 1 amide bonds. The molecule has 0 spiro atoms. The molecule has 0 saturated heterocycles. The van der Waals surface area contributed by atoms with Gasteiger partial charge in [0.05, 0.1) is 10.0 Å². The van der Waals surface area contributed by atoms with Gasteiger partial charge in [0.25, 0.3) is 5.91 Å². The van der Waals surface area contributed by atoms with E-state index in [1.54, 1.807) is 18.2 Å². The minimum Gasteiger partial charge on any atom is -0.488 e. The average Bonchev–Trinajstić information content (AvgIpc) is 3.19. The zero-order valence-electron chi connectivity index (χ0n) is 17.7. The molecule has 1 heterocycles. The summed E-state index contributed by atoms with van der Waals surface area (Å²) in [6, 6.07) is 19.4. The van der Waals surface area contributed by atoms with Crippen molar-refractivity contribution in [1.29, 1.82) is 10.5 Å². The van der Waals surface area contributed by atoms with Crippen LogP contribution in [0.1, 0.15) is 40.0 Å². The minimum atomic E-state index is -0.520. The molecule has 1 aliphatic rings. The molecule has 0 bridgehead atoms. The molecule has 4 rings (SSSR count). The number of aryl methyl sites for hydroxylation is 1. The normalized spacial score (nSPS) is 12.9. The van der Waals surface area contributed by atoms with Gasteiger partial charge in [0.2, 0.25) is 0 Å². The molecule has 1 aliphatic carbocycles. The Bertz CT molecular complexity index is 1300. The van der Waals surface area contributed by atoms with Crippen LogP contribution in [-0.4, -0.2) is 5.91 Å². The van der Waals surface area contributed by atoms with Crippen LogP contribution in [0, 0.1) is 22.7 Å². The predicted octanol–water partition coefficient (Wildman–Crippen LogP) is 6.39. The van der Waals surface area contributed by atoms with E-state index in [1.807, 2.05) is 36.4 Å². The SMILES string of the molecule is N#C/C(=C\c1ccc(OCc2ccccc2)c(Br)c1)C(=O)Nc1sc2c(c1C#N)CCCC2. The van der Waals surface area contributed by atoms with Crippen LogP contribution in [0.2, 0.25) is 0 Å². The Balaban J connectivity index is 1.49.